The number of hydrogen-bond acceptors (Lipinski definition) is 5. The van der Waals surface area contributed by atoms with Crippen molar-refractivity contribution in [2.75, 3.05) is 5.32 Å². The van der Waals surface area contributed by atoms with Crippen LogP contribution in [0.25, 0.3) is 10.9 Å². The highest BCUT2D eigenvalue weighted by atomic mass is 16.3. The van der Waals surface area contributed by atoms with Gasteiger partial charge >= 0.3 is 0 Å². The molecule has 4 rings (SSSR count). The monoisotopic (exact) mass is 430 g/mol. The van der Waals surface area contributed by atoms with Gasteiger partial charge in [0.05, 0.1) is 5.56 Å². The molecule has 0 atom stereocenters. The molecule has 1 amide bonds. The number of benzene rings is 2. The molecule has 0 aliphatic rings. The number of carbonyl (C=O) groups is 3. The molecule has 0 aliphatic carbocycles. The van der Waals surface area contributed by atoms with E-state index in [1.165, 1.54) is 0 Å². The zero-order valence-electron chi connectivity index (χ0n) is 17.7. The number of aromatic amines is 1. The fourth-order valence-electron chi connectivity index (χ4n) is 3.69. The van der Waals surface area contributed by atoms with E-state index in [9.17, 15) is 19.5 Å². The maximum absolute atomic E-state index is 13.0. The third kappa shape index (κ3) is 3.78. The van der Waals surface area contributed by atoms with Crippen LogP contribution < -0.4 is 5.32 Å². The minimum atomic E-state index is -0.346. The largest absolute Gasteiger partial charge is 0.494 e. The standard InChI is InChI=1S/C24H22N4O4/c1-3-17-12-21(27-28(17)4-2)24(32)25-16-7-5-6-14(10-16)22(30)15-8-9-18-19(13-29)23(31)26-20(18)11-15/h5-13,26,31H,3-4H2,1-2H3,(H,25,32). The van der Waals surface area contributed by atoms with Crippen molar-refractivity contribution in [3.8, 4) is 5.88 Å². The van der Waals surface area contributed by atoms with Crippen LogP contribution in [-0.2, 0) is 13.0 Å². The number of aromatic hydroxyl groups is 1. The van der Waals surface area contributed by atoms with Gasteiger partial charge in [-0.15, -0.1) is 0 Å². The van der Waals surface area contributed by atoms with E-state index in [4.69, 9.17) is 0 Å². The van der Waals surface area contributed by atoms with Gasteiger partial charge in [0.25, 0.3) is 5.91 Å². The smallest absolute Gasteiger partial charge is 0.276 e. The summed E-state index contributed by atoms with van der Waals surface area (Å²) in [5, 5.41) is 17.5. The molecule has 0 saturated carbocycles. The maximum atomic E-state index is 13.0. The number of anilines is 1. The summed E-state index contributed by atoms with van der Waals surface area (Å²) in [4.78, 5) is 39.5. The summed E-state index contributed by atoms with van der Waals surface area (Å²) in [6.07, 6.45) is 1.34. The van der Waals surface area contributed by atoms with E-state index in [2.05, 4.69) is 15.4 Å². The predicted octanol–water partition coefficient (Wildman–Crippen LogP) is 3.95. The zero-order chi connectivity index (χ0) is 22.8. The van der Waals surface area contributed by atoms with Crippen LogP contribution in [0.15, 0.2) is 48.5 Å². The van der Waals surface area contributed by atoms with Crippen LogP contribution in [-0.4, -0.2) is 37.8 Å². The van der Waals surface area contributed by atoms with Crippen molar-refractivity contribution in [1.29, 1.82) is 0 Å². The van der Waals surface area contributed by atoms with Crippen molar-refractivity contribution in [1.82, 2.24) is 14.8 Å². The summed E-state index contributed by atoms with van der Waals surface area (Å²) in [5.41, 5.74) is 3.19. The minimum Gasteiger partial charge on any atom is -0.494 e. The molecule has 0 saturated heterocycles. The number of aldehydes is 1. The van der Waals surface area contributed by atoms with Crippen LogP contribution in [0.4, 0.5) is 5.69 Å². The van der Waals surface area contributed by atoms with Gasteiger partial charge in [-0.3, -0.25) is 19.1 Å². The summed E-state index contributed by atoms with van der Waals surface area (Å²) in [5.74, 6) is -0.838. The third-order valence-electron chi connectivity index (χ3n) is 5.34. The van der Waals surface area contributed by atoms with Crippen molar-refractivity contribution in [2.45, 2.75) is 26.8 Å². The van der Waals surface area contributed by atoms with Gasteiger partial charge in [0.1, 0.15) is 0 Å². The quantitative estimate of drug-likeness (QED) is 0.303. The molecule has 0 radical (unpaired) electrons. The highest BCUT2D eigenvalue weighted by Gasteiger charge is 2.16. The number of ketones is 1. The molecule has 0 fully saturated rings. The number of nitrogens with one attached hydrogen (secondary N) is 2. The van der Waals surface area contributed by atoms with Crippen molar-refractivity contribution >= 4 is 34.6 Å². The molecule has 2 heterocycles. The predicted molar refractivity (Wildman–Crippen MR) is 120 cm³/mol. The van der Waals surface area contributed by atoms with Gasteiger partial charge in [-0.25, -0.2) is 0 Å². The van der Waals surface area contributed by atoms with E-state index >= 15 is 0 Å². The summed E-state index contributed by atoms with van der Waals surface area (Å²) < 4.78 is 1.79. The lowest BCUT2D eigenvalue weighted by molar-refractivity contribution is 0.101. The van der Waals surface area contributed by atoms with E-state index in [0.29, 0.717) is 46.2 Å². The van der Waals surface area contributed by atoms with E-state index in [-0.39, 0.29) is 23.1 Å². The second-order valence-corrected chi connectivity index (χ2v) is 7.32. The number of aromatic nitrogens is 3. The second-order valence-electron chi connectivity index (χ2n) is 7.32. The fourth-order valence-corrected chi connectivity index (χ4v) is 3.69. The SMILES string of the molecule is CCc1cc(C(=O)Nc2cccc(C(=O)c3ccc4c(C=O)c(O)[nH]c4c3)c2)nn1CC. The normalized spacial score (nSPS) is 10.9. The molecule has 4 aromatic rings. The Morgan fingerprint density at radius 3 is 2.59 bits per heavy atom. The number of nitrogens with zero attached hydrogens (tertiary/aromatic N) is 2. The molecule has 3 N–H and O–H groups in total. The van der Waals surface area contributed by atoms with Crippen LogP contribution in [0.5, 0.6) is 5.88 Å². The molecule has 8 nitrogen and oxygen atoms in total. The lowest BCUT2D eigenvalue weighted by Crippen LogP contribution is -2.14. The number of H-pyrrole nitrogens is 1. The topological polar surface area (TPSA) is 117 Å². The van der Waals surface area contributed by atoms with Crippen molar-refractivity contribution in [3.63, 3.8) is 0 Å². The molecule has 0 bridgehead atoms. The Morgan fingerprint density at radius 1 is 1.12 bits per heavy atom. The average Bonchev–Trinajstić information content (AvgIpc) is 3.37. The summed E-state index contributed by atoms with van der Waals surface area (Å²) in [6, 6.07) is 13.2. The third-order valence-corrected chi connectivity index (χ3v) is 5.34. The van der Waals surface area contributed by atoms with Crippen LogP contribution in [0, 0.1) is 0 Å². The Balaban J connectivity index is 1.58. The Morgan fingerprint density at radius 2 is 1.91 bits per heavy atom. The molecule has 2 aromatic heterocycles. The molecule has 8 heteroatoms. The highest BCUT2D eigenvalue weighted by Crippen LogP contribution is 2.27. The van der Waals surface area contributed by atoms with Gasteiger partial charge in [-0.2, -0.15) is 5.10 Å². The number of hydrogen-bond donors (Lipinski definition) is 3. The van der Waals surface area contributed by atoms with Gasteiger partial charge in [0.2, 0.25) is 0 Å². The first-order valence-electron chi connectivity index (χ1n) is 10.3. The first-order valence-corrected chi connectivity index (χ1v) is 10.3. The molecule has 0 spiro atoms. The van der Waals surface area contributed by atoms with Crippen LogP contribution in [0.1, 0.15) is 56.3 Å². The first-order chi connectivity index (χ1) is 15.4. The Hall–Kier alpha value is -4.20. The van der Waals surface area contributed by atoms with E-state index in [1.807, 2.05) is 13.8 Å². The van der Waals surface area contributed by atoms with Crippen molar-refractivity contribution < 1.29 is 19.5 Å². The molecule has 0 aliphatic heterocycles. The molecular weight excluding hydrogens is 408 g/mol. The number of carbonyl (C=O) groups excluding carboxylic acids is 3. The Bertz CT molecular complexity index is 1330. The van der Waals surface area contributed by atoms with Gasteiger partial charge in [0.15, 0.2) is 23.6 Å². The Labute approximate surface area is 183 Å². The van der Waals surface area contributed by atoms with Gasteiger partial charge in [0, 0.05) is 40.0 Å². The summed E-state index contributed by atoms with van der Waals surface area (Å²) in [7, 11) is 0. The highest BCUT2D eigenvalue weighted by molar-refractivity contribution is 6.12. The number of rotatable bonds is 7. The minimum absolute atomic E-state index is 0.153. The van der Waals surface area contributed by atoms with E-state index in [1.54, 1.807) is 53.2 Å². The zero-order valence-corrected chi connectivity index (χ0v) is 17.7. The number of aryl methyl sites for hydroxylation is 2. The van der Waals surface area contributed by atoms with Crippen LogP contribution in [0.2, 0.25) is 0 Å². The lowest BCUT2D eigenvalue weighted by atomic mass is 10.0. The van der Waals surface area contributed by atoms with E-state index in [0.717, 1.165) is 12.1 Å². The van der Waals surface area contributed by atoms with Crippen molar-refractivity contribution in [3.05, 3.63) is 76.6 Å². The summed E-state index contributed by atoms with van der Waals surface area (Å²) in [6.45, 7) is 4.65. The van der Waals surface area contributed by atoms with Crippen LogP contribution in [0.3, 0.4) is 0 Å². The van der Waals surface area contributed by atoms with Crippen LogP contribution >= 0.6 is 0 Å². The number of fused-ring (bicyclic) bond motifs is 1. The lowest BCUT2D eigenvalue weighted by Gasteiger charge is -2.07. The average molecular weight is 430 g/mol. The summed E-state index contributed by atoms with van der Waals surface area (Å²) >= 11 is 0. The fraction of sp³-hybridized carbons (Fsp3) is 0.167. The number of amides is 1. The van der Waals surface area contributed by atoms with E-state index < -0.39 is 0 Å². The molecule has 2 aromatic carbocycles. The Kier molecular flexibility index (Phi) is 5.59. The first kappa shape index (κ1) is 21.0. The van der Waals surface area contributed by atoms with Gasteiger partial charge in [-0.05, 0) is 37.6 Å². The second kappa shape index (κ2) is 8.50. The molecular formula is C24H22N4O4. The molecule has 162 valence electrons. The maximum Gasteiger partial charge on any atom is 0.276 e. The molecule has 32 heavy (non-hydrogen) atoms. The van der Waals surface area contributed by atoms with Gasteiger partial charge in [-0.1, -0.05) is 31.2 Å². The van der Waals surface area contributed by atoms with Gasteiger partial charge < -0.3 is 15.4 Å². The van der Waals surface area contributed by atoms with Crippen molar-refractivity contribution in [2.24, 2.45) is 0 Å². The molecule has 0 unspecified atom stereocenters.